The van der Waals surface area contributed by atoms with E-state index in [0.717, 1.165) is 18.5 Å². The van der Waals surface area contributed by atoms with Crippen molar-refractivity contribution in [2.75, 3.05) is 7.11 Å². The summed E-state index contributed by atoms with van der Waals surface area (Å²) >= 11 is 0. The van der Waals surface area contributed by atoms with Gasteiger partial charge in [0, 0.05) is 29.1 Å². The molecule has 1 aromatic heterocycles. The van der Waals surface area contributed by atoms with Gasteiger partial charge in [0.1, 0.15) is 22.9 Å². The highest BCUT2D eigenvalue weighted by molar-refractivity contribution is 6.01. The third-order valence-corrected chi connectivity index (χ3v) is 5.56. The minimum absolute atomic E-state index is 0.0744. The quantitative estimate of drug-likeness (QED) is 0.328. The molecule has 0 spiro atoms. The van der Waals surface area contributed by atoms with Crippen LogP contribution < -0.4 is 16.2 Å². The van der Waals surface area contributed by atoms with E-state index in [1.165, 1.54) is 43.8 Å². The number of pyridine rings is 1. The maximum Gasteiger partial charge on any atom is 0.190 e. The number of aromatic nitrogens is 1. The Kier molecular flexibility index (Phi) is 5.93. The van der Waals surface area contributed by atoms with E-state index < -0.39 is 28.7 Å². The van der Waals surface area contributed by atoms with Crippen LogP contribution in [0.2, 0.25) is 0 Å². The van der Waals surface area contributed by atoms with Crippen molar-refractivity contribution in [2.24, 2.45) is 21.5 Å². The molecule has 0 fully saturated rings. The van der Waals surface area contributed by atoms with E-state index in [1.807, 2.05) is 0 Å². The summed E-state index contributed by atoms with van der Waals surface area (Å²) in [6.45, 7) is 3.70. The van der Waals surface area contributed by atoms with Gasteiger partial charge in [-0.2, -0.15) is 0 Å². The van der Waals surface area contributed by atoms with Gasteiger partial charge in [-0.1, -0.05) is 24.8 Å². The Labute approximate surface area is 193 Å². The molecule has 0 saturated heterocycles. The van der Waals surface area contributed by atoms with Crippen molar-refractivity contribution in [1.29, 1.82) is 0 Å². The van der Waals surface area contributed by atoms with E-state index in [2.05, 4.69) is 21.5 Å². The number of fused-ring (bicyclic) bond motifs is 1. The Morgan fingerprint density at radius 2 is 1.82 bits per heavy atom. The van der Waals surface area contributed by atoms with Crippen LogP contribution in [0.25, 0.3) is 5.57 Å². The van der Waals surface area contributed by atoms with Gasteiger partial charge in [0.25, 0.3) is 0 Å². The Hall–Kier alpha value is -4.40. The molecule has 0 aliphatic carbocycles. The highest BCUT2D eigenvalue weighted by Crippen LogP contribution is 2.47. The highest BCUT2D eigenvalue weighted by Gasteiger charge is 2.44. The third kappa shape index (κ3) is 3.51. The molecule has 3 aromatic rings. The number of hydrogen-bond donors (Lipinski definition) is 2. The molecular formula is C25H20F3N5O. The van der Waals surface area contributed by atoms with Crippen LogP contribution in [0, 0.1) is 17.5 Å². The van der Waals surface area contributed by atoms with E-state index in [0.29, 0.717) is 22.4 Å². The average Bonchev–Trinajstić information content (AvgIpc) is 3.14. The van der Waals surface area contributed by atoms with Gasteiger partial charge in [0.15, 0.2) is 17.4 Å². The minimum atomic E-state index is -1.51. The molecule has 1 atom stereocenters. The summed E-state index contributed by atoms with van der Waals surface area (Å²) in [5.74, 6) is -2.86. The van der Waals surface area contributed by atoms with Crippen molar-refractivity contribution in [3.63, 3.8) is 0 Å². The van der Waals surface area contributed by atoms with E-state index in [9.17, 15) is 13.2 Å². The molecule has 2 heterocycles. The molecule has 6 nitrogen and oxygen atoms in total. The van der Waals surface area contributed by atoms with Crippen LogP contribution in [0.5, 0.6) is 5.75 Å². The van der Waals surface area contributed by atoms with Gasteiger partial charge in [-0.05, 0) is 41.5 Å². The first-order valence-electron chi connectivity index (χ1n) is 10.1. The average molecular weight is 463 g/mol. The summed E-state index contributed by atoms with van der Waals surface area (Å²) in [5, 5.41) is 0. The van der Waals surface area contributed by atoms with Crippen molar-refractivity contribution in [1.82, 2.24) is 4.98 Å². The third-order valence-electron chi connectivity index (χ3n) is 5.56. The molecule has 0 saturated carbocycles. The normalized spacial score (nSPS) is 17.5. The lowest BCUT2D eigenvalue weighted by atomic mass is 9.77. The van der Waals surface area contributed by atoms with Crippen LogP contribution in [0.4, 0.5) is 13.2 Å². The number of allylic oxidation sites excluding steroid dienone is 2. The number of rotatable bonds is 6. The van der Waals surface area contributed by atoms with E-state index >= 15 is 0 Å². The zero-order chi connectivity index (χ0) is 24.5. The van der Waals surface area contributed by atoms with Crippen LogP contribution in [-0.4, -0.2) is 24.3 Å². The van der Waals surface area contributed by atoms with Crippen molar-refractivity contribution >= 4 is 17.7 Å². The maximum absolute atomic E-state index is 14.9. The second kappa shape index (κ2) is 8.86. The molecule has 0 radical (unpaired) electrons. The monoisotopic (exact) mass is 463 g/mol. The molecule has 4 N–H and O–H groups in total. The molecule has 0 bridgehead atoms. The molecule has 1 aliphatic rings. The predicted octanol–water partition coefficient (Wildman–Crippen LogP) is 4.03. The van der Waals surface area contributed by atoms with Gasteiger partial charge >= 0.3 is 0 Å². The summed E-state index contributed by atoms with van der Waals surface area (Å²) in [7, 11) is 1.17. The second-order valence-electron chi connectivity index (χ2n) is 7.36. The molecule has 0 amide bonds. The number of aliphatic imine (C=N–C) groups is 2. The first-order chi connectivity index (χ1) is 16.4. The lowest BCUT2D eigenvalue weighted by Gasteiger charge is -2.29. The van der Waals surface area contributed by atoms with Gasteiger partial charge in [-0.3, -0.25) is 4.98 Å². The number of ether oxygens (including phenoxy) is 1. The topological polar surface area (TPSA) is 98.9 Å². The molecule has 34 heavy (non-hydrogen) atoms. The second-order valence-corrected chi connectivity index (χ2v) is 7.36. The smallest absolute Gasteiger partial charge is 0.190 e. The first kappa shape index (κ1) is 22.8. The van der Waals surface area contributed by atoms with Crippen LogP contribution in [0.1, 0.15) is 27.9 Å². The van der Waals surface area contributed by atoms with Gasteiger partial charge in [0.05, 0.1) is 13.4 Å². The van der Waals surface area contributed by atoms with Crippen molar-refractivity contribution in [3.05, 3.63) is 113 Å². The molecule has 2 aromatic carbocycles. The Morgan fingerprint density at radius 3 is 2.47 bits per heavy atom. The maximum atomic E-state index is 14.9. The number of hydrogen-bond acceptors (Lipinski definition) is 5. The summed E-state index contributed by atoms with van der Waals surface area (Å²) in [6, 6.07) is 9.81. The molecule has 172 valence electrons. The van der Waals surface area contributed by atoms with Crippen molar-refractivity contribution in [3.8, 4) is 5.75 Å². The SMILES string of the molecule is C=C/C(=C\N=C/N)c1cc(C2(c3cc(F)c(OC)c(F)c3)N=C(N)c3ncccc32)ccc1F. The lowest BCUT2D eigenvalue weighted by molar-refractivity contribution is 0.358. The van der Waals surface area contributed by atoms with E-state index in [1.54, 1.807) is 12.1 Å². The fourth-order valence-electron chi connectivity index (χ4n) is 4.09. The zero-order valence-corrected chi connectivity index (χ0v) is 18.1. The van der Waals surface area contributed by atoms with Gasteiger partial charge in [-0.15, -0.1) is 0 Å². The van der Waals surface area contributed by atoms with E-state index in [-0.39, 0.29) is 17.0 Å². The number of nitrogens with two attached hydrogens (primary N) is 2. The Morgan fingerprint density at radius 1 is 1.09 bits per heavy atom. The van der Waals surface area contributed by atoms with Crippen molar-refractivity contribution < 1.29 is 17.9 Å². The first-order valence-corrected chi connectivity index (χ1v) is 10.1. The van der Waals surface area contributed by atoms with Gasteiger partial charge in [0.2, 0.25) is 0 Å². The van der Waals surface area contributed by atoms with Crippen LogP contribution in [0.3, 0.4) is 0 Å². The molecular weight excluding hydrogens is 443 g/mol. The number of amidine groups is 1. The number of benzene rings is 2. The summed E-state index contributed by atoms with van der Waals surface area (Å²) in [6.07, 6.45) is 5.35. The largest absolute Gasteiger partial charge is 0.491 e. The number of halogens is 3. The number of methoxy groups -OCH3 is 1. The number of nitrogens with zero attached hydrogens (tertiary/aromatic N) is 3. The van der Waals surface area contributed by atoms with Gasteiger partial charge < -0.3 is 16.2 Å². The Balaban J connectivity index is 2.07. The summed E-state index contributed by atoms with van der Waals surface area (Å²) in [5.41, 5.74) is 11.8. The van der Waals surface area contributed by atoms with Crippen molar-refractivity contribution in [2.45, 2.75) is 5.54 Å². The lowest BCUT2D eigenvalue weighted by Crippen LogP contribution is -2.26. The van der Waals surface area contributed by atoms with Crippen LogP contribution in [0.15, 0.2) is 77.5 Å². The molecule has 1 aliphatic heterocycles. The highest BCUT2D eigenvalue weighted by atomic mass is 19.1. The van der Waals surface area contributed by atoms with Gasteiger partial charge in [-0.25, -0.2) is 23.2 Å². The summed E-state index contributed by atoms with van der Waals surface area (Å²) < 4.78 is 49.3. The van der Waals surface area contributed by atoms with E-state index in [4.69, 9.17) is 16.2 Å². The van der Waals surface area contributed by atoms with Crippen LogP contribution >= 0.6 is 0 Å². The minimum Gasteiger partial charge on any atom is -0.491 e. The Bertz CT molecular complexity index is 1360. The molecule has 4 rings (SSSR count). The summed E-state index contributed by atoms with van der Waals surface area (Å²) in [4.78, 5) is 12.8. The molecule has 1 unspecified atom stereocenters. The van der Waals surface area contributed by atoms with Crippen LogP contribution in [-0.2, 0) is 5.54 Å². The standard InChI is InChI=1S/C25H20F3N5O/c1-3-14(12-31-13-29)17-9-15(6-7-19(17)26)25(16-10-20(27)23(34-2)21(28)11-16)18-5-4-8-32-22(18)24(30)33-25/h3-13H,1H2,2H3,(H2,29,31)(H2,30,33)/b14-12+. The predicted molar refractivity (Wildman–Crippen MR) is 125 cm³/mol. The molecule has 9 heteroatoms. The fourth-order valence-corrected chi connectivity index (χ4v) is 4.09. The fraction of sp³-hybridized carbons (Fsp3) is 0.0800. The zero-order valence-electron chi connectivity index (χ0n) is 18.1.